The number of methoxy groups -OCH3 is 1. The van der Waals surface area contributed by atoms with Gasteiger partial charge >= 0.3 is 6.01 Å². The first kappa shape index (κ1) is 10.2. The lowest BCUT2D eigenvalue weighted by Gasteiger charge is -2.04. The Morgan fingerprint density at radius 2 is 2.19 bits per heavy atom. The second-order valence-electron chi connectivity index (χ2n) is 3.05. The summed E-state index contributed by atoms with van der Waals surface area (Å²) < 4.78 is 11.8. The molecule has 2 aromatic rings. The summed E-state index contributed by atoms with van der Waals surface area (Å²) in [6.45, 7) is 0. The Hall–Kier alpha value is -2.31. The number of hydrogen-bond acceptors (Lipinski definition) is 6. The Kier molecular flexibility index (Phi) is 2.59. The molecule has 0 radical (unpaired) electrons. The molecular weight excluding hydrogens is 210 g/mol. The van der Waals surface area contributed by atoms with Gasteiger partial charge in [-0.2, -0.15) is 9.97 Å². The van der Waals surface area contributed by atoms with Crippen molar-refractivity contribution in [2.75, 3.05) is 12.8 Å². The van der Waals surface area contributed by atoms with Crippen LogP contribution in [0.5, 0.6) is 17.8 Å². The summed E-state index contributed by atoms with van der Waals surface area (Å²) in [5, 5.41) is 3.96. The van der Waals surface area contributed by atoms with E-state index < -0.39 is 0 Å². The van der Waals surface area contributed by atoms with Crippen molar-refractivity contribution in [1.29, 1.82) is 0 Å². The number of rotatable bonds is 3. The Labute approximate surface area is 91.8 Å². The van der Waals surface area contributed by atoms with E-state index in [1.54, 1.807) is 19.2 Å². The average molecular weight is 221 g/mol. The number of pyridine rings is 1. The smallest absolute Gasteiger partial charge is 0.342 e. The van der Waals surface area contributed by atoms with Gasteiger partial charge in [0.1, 0.15) is 6.33 Å². The Balaban J connectivity index is 2.21. The van der Waals surface area contributed by atoms with Gasteiger partial charge in [-0.05, 0) is 6.07 Å². The van der Waals surface area contributed by atoms with E-state index in [0.29, 0.717) is 17.4 Å². The highest BCUT2D eigenvalue weighted by molar-refractivity contribution is 5.49. The first-order valence-corrected chi connectivity index (χ1v) is 4.53. The number of nitrogens with zero attached hydrogens (tertiary/aromatic N) is 4. The van der Waals surface area contributed by atoms with Crippen LogP contribution in [-0.2, 0) is 7.05 Å². The van der Waals surface area contributed by atoms with Gasteiger partial charge in [0.05, 0.1) is 12.8 Å². The first-order chi connectivity index (χ1) is 7.69. The summed E-state index contributed by atoms with van der Waals surface area (Å²) >= 11 is 0. The molecule has 0 atom stereocenters. The molecule has 0 fully saturated rings. The molecule has 2 aromatic heterocycles. The molecule has 0 aliphatic carbocycles. The molecule has 0 spiro atoms. The lowest BCUT2D eigenvalue weighted by atomic mass is 10.4. The van der Waals surface area contributed by atoms with Gasteiger partial charge in [-0.25, -0.2) is 0 Å². The monoisotopic (exact) mass is 221 g/mol. The van der Waals surface area contributed by atoms with Crippen molar-refractivity contribution in [2.24, 2.45) is 7.05 Å². The zero-order valence-corrected chi connectivity index (χ0v) is 8.91. The molecule has 0 unspecified atom stereocenters. The molecule has 0 saturated carbocycles. The molecule has 0 amide bonds. The SMILES string of the molecule is COc1nc(Oc2ncn(C)n2)ccc1N. The van der Waals surface area contributed by atoms with Gasteiger partial charge < -0.3 is 15.2 Å². The number of anilines is 1. The van der Waals surface area contributed by atoms with Crippen LogP contribution in [0.3, 0.4) is 0 Å². The Morgan fingerprint density at radius 1 is 1.38 bits per heavy atom. The van der Waals surface area contributed by atoms with Gasteiger partial charge in [0.15, 0.2) is 0 Å². The third-order valence-corrected chi connectivity index (χ3v) is 1.83. The molecule has 16 heavy (non-hydrogen) atoms. The second kappa shape index (κ2) is 4.05. The van der Waals surface area contributed by atoms with Crippen LogP contribution in [-0.4, -0.2) is 26.9 Å². The summed E-state index contributed by atoms with van der Waals surface area (Å²) in [6, 6.07) is 3.49. The molecule has 7 nitrogen and oxygen atoms in total. The minimum absolute atomic E-state index is 0.224. The summed E-state index contributed by atoms with van der Waals surface area (Å²) in [5.74, 6) is 0.644. The molecule has 0 bridgehead atoms. The fraction of sp³-hybridized carbons (Fsp3) is 0.222. The number of hydrogen-bond donors (Lipinski definition) is 1. The van der Waals surface area contributed by atoms with Gasteiger partial charge in [0.2, 0.25) is 11.8 Å². The van der Waals surface area contributed by atoms with Gasteiger partial charge in [0, 0.05) is 13.1 Å². The van der Waals surface area contributed by atoms with E-state index in [-0.39, 0.29) is 6.01 Å². The zero-order valence-electron chi connectivity index (χ0n) is 8.91. The normalized spacial score (nSPS) is 10.1. The summed E-state index contributed by atoms with van der Waals surface area (Å²) in [6.07, 6.45) is 1.53. The van der Waals surface area contributed by atoms with Crippen molar-refractivity contribution in [2.45, 2.75) is 0 Å². The average Bonchev–Trinajstić information content (AvgIpc) is 2.67. The minimum Gasteiger partial charge on any atom is -0.479 e. The van der Waals surface area contributed by atoms with Gasteiger partial charge in [-0.3, -0.25) is 4.68 Å². The van der Waals surface area contributed by atoms with Crippen molar-refractivity contribution in [1.82, 2.24) is 19.7 Å². The molecule has 0 aromatic carbocycles. The van der Waals surface area contributed by atoms with Crippen LogP contribution in [0, 0.1) is 0 Å². The number of nitrogen functional groups attached to an aromatic ring is 1. The molecule has 2 rings (SSSR count). The van der Waals surface area contributed by atoms with Crippen molar-refractivity contribution in [3.05, 3.63) is 18.5 Å². The minimum atomic E-state index is 0.224. The predicted octanol–water partition coefficient (Wildman–Crippen LogP) is 0.593. The maximum atomic E-state index is 5.62. The van der Waals surface area contributed by atoms with Crippen LogP contribution in [0.25, 0.3) is 0 Å². The summed E-state index contributed by atoms with van der Waals surface area (Å²) in [4.78, 5) is 7.94. The van der Waals surface area contributed by atoms with E-state index in [2.05, 4.69) is 15.1 Å². The van der Waals surface area contributed by atoms with Crippen LogP contribution >= 0.6 is 0 Å². The molecule has 84 valence electrons. The van der Waals surface area contributed by atoms with Crippen LogP contribution in [0.2, 0.25) is 0 Å². The molecule has 0 aliphatic rings. The van der Waals surface area contributed by atoms with Gasteiger partial charge in [-0.15, -0.1) is 5.10 Å². The number of nitrogens with two attached hydrogens (primary N) is 1. The number of aryl methyl sites for hydroxylation is 1. The quantitative estimate of drug-likeness (QED) is 0.816. The molecular formula is C9H11N5O2. The second-order valence-corrected chi connectivity index (χ2v) is 3.05. The maximum absolute atomic E-state index is 5.62. The van der Waals surface area contributed by atoms with E-state index in [1.807, 2.05) is 0 Å². The Morgan fingerprint density at radius 3 is 2.81 bits per heavy atom. The summed E-state index contributed by atoms with van der Waals surface area (Å²) in [7, 11) is 3.23. The van der Waals surface area contributed by atoms with Crippen molar-refractivity contribution in [3.63, 3.8) is 0 Å². The van der Waals surface area contributed by atoms with Crippen LogP contribution in [0.15, 0.2) is 18.5 Å². The predicted molar refractivity (Wildman–Crippen MR) is 56.3 cm³/mol. The van der Waals surface area contributed by atoms with Crippen LogP contribution < -0.4 is 15.2 Å². The topological polar surface area (TPSA) is 88.1 Å². The largest absolute Gasteiger partial charge is 0.479 e. The fourth-order valence-electron chi connectivity index (χ4n) is 1.11. The Bertz CT molecular complexity index is 496. The van der Waals surface area contributed by atoms with E-state index in [9.17, 15) is 0 Å². The van der Waals surface area contributed by atoms with Crippen molar-refractivity contribution < 1.29 is 9.47 Å². The lowest BCUT2D eigenvalue weighted by molar-refractivity contribution is 0.377. The van der Waals surface area contributed by atoms with Crippen LogP contribution in [0.1, 0.15) is 0 Å². The molecule has 0 saturated heterocycles. The maximum Gasteiger partial charge on any atom is 0.342 e. The molecule has 2 N–H and O–H groups in total. The standard InChI is InChI=1S/C9H11N5O2/c1-14-5-11-9(13-14)16-7-4-3-6(10)8(12-7)15-2/h3-5H,10H2,1-2H3. The van der Waals surface area contributed by atoms with E-state index in [4.69, 9.17) is 15.2 Å². The number of ether oxygens (including phenoxy) is 2. The first-order valence-electron chi connectivity index (χ1n) is 4.53. The highest BCUT2D eigenvalue weighted by Crippen LogP contribution is 2.23. The highest BCUT2D eigenvalue weighted by Gasteiger charge is 2.07. The van der Waals surface area contributed by atoms with E-state index in [0.717, 1.165) is 0 Å². The van der Waals surface area contributed by atoms with E-state index >= 15 is 0 Å². The van der Waals surface area contributed by atoms with Gasteiger partial charge in [0.25, 0.3) is 0 Å². The highest BCUT2D eigenvalue weighted by atomic mass is 16.5. The lowest BCUT2D eigenvalue weighted by Crippen LogP contribution is -1.97. The van der Waals surface area contributed by atoms with Crippen LogP contribution in [0.4, 0.5) is 5.69 Å². The molecule has 7 heteroatoms. The third-order valence-electron chi connectivity index (χ3n) is 1.83. The van der Waals surface area contributed by atoms with Crippen molar-refractivity contribution >= 4 is 5.69 Å². The van der Waals surface area contributed by atoms with E-state index in [1.165, 1.54) is 18.1 Å². The number of aromatic nitrogens is 4. The fourth-order valence-corrected chi connectivity index (χ4v) is 1.11. The van der Waals surface area contributed by atoms with Gasteiger partial charge in [-0.1, -0.05) is 0 Å². The summed E-state index contributed by atoms with van der Waals surface area (Å²) in [5.41, 5.74) is 6.07. The molecule has 2 heterocycles. The molecule has 0 aliphatic heterocycles. The zero-order chi connectivity index (χ0) is 11.5. The van der Waals surface area contributed by atoms with Crippen molar-refractivity contribution in [3.8, 4) is 17.8 Å². The third kappa shape index (κ3) is 2.02.